The Bertz CT molecular complexity index is 640. The van der Waals surface area contributed by atoms with Crippen molar-refractivity contribution < 1.29 is 22.7 Å². The van der Waals surface area contributed by atoms with Crippen LogP contribution in [0.4, 0.5) is 0 Å². The van der Waals surface area contributed by atoms with E-state index in [0.29, 0.717) is 12.1 Å². The van der Waals surface area contributed by atoms with Crippen LogP contribution in [0.1, 0.15) is 18.1 Å². The first-order chi connectivity index (χ1) is 10.8. The van der Waals surface area contributed by atoms with Crippen molar-refractivity contribution in [2.24, 2.45) is 11.7 Å². The second-order valence-corrected chi connectivity index (χ2v) is 7.34. The summed E-state index contributed by atoms with van der Waals surface area (Å²) in [6.45, 7) is 2.37. The third-order valence-electron chi connectivity index (χ3n) is 3.24. The van der Waals surface area contributed by atoms with Gasteiger partial charge in [-0.3, -0.25) is 9.59 Å². The van der Waals surface area contributed by atoms with E-state index >= 15 is 0 Å². The molecule has 0 aliphatic carbocycles. The number of carbonyl (C=O) groups is 2. The topological polar surface area (TPSA) is 116 Å². The van der Waals surface area contributed by atoms with Gasteiger partial charge in [-0.2, -0.15) is 0 Å². The Balaban J connectivity index is 2.60. The van der Waals surface area contributed by atoms with Gasteiger partial charge in [-0.05, 0) is 11.1 Å². The Morgan fingerprint density at radius 1 is 1.22 bits per heavy atom. The minimum absolute atomic E-state index is 0.128. The van der Waals surface area contributed by atoms with Gasteiger partial charge in [0, 0.05) is 19.0 Å². The number of methoxy groups -OCH3 is 1. The van der Waals surface area contributed by atoms with E-state index in [2.05, 4.69) is 10.1 Å². The van der Waals surface area contributed by atoms with Crippen LogP contribution in [0.2, 0.25) is 0 Å². The van der Waals surface area contributed by atoms with Gasteiger partial charge in [-0.1, -0.05) is 31.2 Å². The molecule has 1 atom stereocenters. The zero-order chi connectivity index (χ0) is 17.5. The number of ether oxygens (including phenoxy) is 1. The molecule has 1 amide bonds. The van der Waals surface area contributed by atoms with Crippen LogP contribution in [0.3, 0.4) is 0 Å². The van der Waals surface area contributed by atoms with Gasteiger partial charge in [0.25, 0.3) is 0 Å². The van der Waals surface area contributed by atoms with Crippen molar-refractivity contribution >= 4 is 21.7 Å². The number of hydrogen-bond donors (Lipinski definition) is 2. The molecule has 7 nitrogen and oxygen atoms in total. The highest BCUT2D eigenvalue weighted by Crippen LogP contribution is 2.09. The summed E-state index contributed by atoms with van der Waals surface area (Å²) < 4.78 is 28.0. The van der Waals surface area contributed by atoms with Gasteiger partial charge in [-0.25, -0.2) is 8.42 Å². The maximum Gasteiger partial charge on any atom is 0.320 e. The smallest absolute Gasteiger partial charge is 0.320 e. The van der Waals surface area contributed by atoms with Crippen molar-refractivity contribution in [1.82, 2.24) is 5.32 Å². The van der Waals surface area contributed by atoms with Crippen LogP contribution in [0.5, 0.6) is 0 Å². The Morgan fingerprint density at radius 3 is 2.30 bits per heavy atom. The van der Waals surface area contributed by atoms with Gasteiger partial charge in [-0.15, -0.1) is 0 Å². The molecule has 0 heterocycles. The lowest BCUT2D eigenvalue weighted by atomic mass is 10.1. The average Bonchev–Trinajstić information content (AvgIpc) is 2.52. The Hall–Kier alpha value is -1.93. The molecule has 1 rings (SSSR count). The third kappa shape index (κ3) is 6.79. The number of amides is 1. The molecular weight excluding hydrogens is 320 g/mol. The molecule has 1 unspecified atom stereocenters. The molecule has 0 spiro atoms. The number of carbonyl (C=O) groups excluding carboxylic acids is 2. The number of sulfone groups is 1. The fourth-order valence-electron chi connectivity index (χ4n) is 1.77. The second kappa shape index (κ2) is 8.64. The molecule has 0 saturated carbocycles. The Morgan fingerprint density at radius 2 is 1.78 bits per heavy atom. The van der Waals surface area contributed by atoms with E-state index in [1.54, 1.807) is 31.2 Å². The molecule has 0 saturated heterocycles. The number of esters is 1. The van der Waals surface area contributed by atoms with Crippen molar-refractivity contribution in [3.63, 3.8) is 0 Å². The van der Waals surface area contributed by atoms with Gasteiger partial charge in [0.05, 0.1) is 12.9 Å². The zero-order valence-electron chi connectivity index (χ0n) is 13.2. The number of nitrogens with one attached hydrogen (secondary N) is 1. The summed E-state index contributed by atoms with van der Waals surface area (Å²) in [7, 11) is -2.41. The standard InChI is InChI=1S/C15H22N2O5S/c1-11(7-16)15(19)17-8-12-3-5-13(6-4-12)9-23(20,21)10-14(18)22-2/h3-6,11H,7-10,16H2,1-2H3,(H,17,19). The minimum Gasteiger partial charge on any atom is -0.468 e. The molecule has 1 aromatic rings. The van der Waals surface area contributed by atoms with Crippen molar-refractivity contribution in [2.45, 2.75) is 19.2 Å². The summed E-state index contributed by atoms with van der Waals surface area (Å²) in [5, 5.41) is 2.75. The van der Waals surface area contributed by atoms with Crippen molar-refractivity contribution in [1.29, 1.82) is 0 Å². The molecule has 0 fully saturated rings. The molecule has 1 aromatic carbocycles. The van der Waals surface area contributed by atoms with Crippen molar-refractivity contribution in [3.8, 4) is 0 Å². The van der Waals surface area contributed by atoms with E-state index in [0.717, 1.165) is 12.7 Å². The van der Waals surface area contributed by atoms with E-state index in [4.69, 9.17) is 5.73 Å². The first kappa shape index (κ1) is 19.1. The van der Waals surface area contributed by atoms with E-state index in [-0.39, 0.29) is 24.1 Å². The molecule has 3 N–H and O–H groups in total. The lowest BCUT2D eigenvalue weighted by Crippen LogP contribution is -2.32. The Labute approximate surface area is 136 Å². The third-order valence-corrected chi connectivity index (χ3v) is 4.69. The van der Waals surface area contributed by atoms with Crippen LogP contribution in [0.15, 0.2) is 24.3 Å². The van der Waals surface area contributed by atoms with Crippen molar-refractivity contribution in [3.05, 3.63) is 35.4 Å². The molecular formula is C15H22N2O5S. The van der Waals surface area contributed by atoms with E-state index in [9.17, 15) is 18.0 Å². The van der Waals surface area contributed by atoms with Crippen LogP contribution in [-0.2, 0) is 36.5 Å². The normalized spacial score (nSPS) is 12.5. The maximum atomic E-state index is 11.8. The molecule has 0 aromatic heterocycles. The molecule has 0 aliphatic heterocycles. The summed E-state index contributed by atoms with van der Waals surface area (Å²) in [5.74, 6) is -2.04. The quantitative estimate of drug-likeness (QED) is 0.642. The molecule has 0 bridgehead atoms. The largest absolute Gasteiger partial charge is 0.468 e. The van der Waals surface area contributed by atoms with Crippen LogP contribution >= 0.6 is 0 Å². The molecule has 0 aliphatic rings. The number of rotatable bonds is 8. The first-order valence-corrected chi connectivity index (χ1v) is 8.92. The number of hydrogen-bond acceptors (Lipinski definition) is 6. The molecule has 0 radical (unpaired) electrons. The summed E-state index contributed by atoms with van der Waals surface area (Å²) in [6.07, 6.45) is 0. The number of nitrogens with two attached hydrogens (primary N) is 1. The lowest BCUT2D eigenvalue weighted by molar-refractivity contribution is -0.137. The fourth-order valence-corrected chi connectivity index (χ4v) is 3.05. The van der Waals surface area contributed by atoms with Gasteiger partial charge in [0.1, 0.15) is 5.75 Å². The highest BCUT2D eigenvalue weighted by atomic mass is 32.2. The van der Waals surface area contributed by atoms with Gasteiger partial charge >= 0.3 is 5.97 Å². The summed E-state index contributed by atoms with van der Waals surface area (Å²) >= 11 is 0. The van der Waals surface area contributed by atoms with Crippen LogP contribution in [0.25, 0.3) is 0 Å². The zero-order valence-corrected chi connectivity index (χ0v) is 14.1. The summed E-state index contributed by atoms with van der Waals surface area (Å²) in [5.41, 5.74) is 6.83. The summed E-state index contributed by atoms with van der Waals surface area (Å²) in [4.78, 5) is 22.7. The predicted molar refractivity (Wildman–Crippen MR) is 86.0 cm³/mol. The summed E-state index contributed by atoms with van der Waals surface area (Å²) in [6, 6.07) is 6.78. The van der Waals surface area contributed by atoms with Gasteiger partial charge < -0.3 is 15.8 Å². The van der Waals surface area contributed by atoms with Crippen LogP contribution < -0.4 is 11.1 Å². The van der Waals surface area contributed by atoms with Crippen LogP contribution in [0, 0.1) is 5.92 Å². The van der Waals surface area contributed by atoms with Gasteiger partial charge in [0.15, 0.2) is 9.84 Å². The molecule has 8 heteroatoms. The monoisotopic (exact) mass is 342 g/mol. The highest BCUT2D eigenvalue weighted by Gasteiger charge is 2.17. The first-order valence-electron chi connectivity index (χ1n) is 7.10. The highest BCUT2D eigenvalue weighted by molar-refractivity contribution is 7.91. The van der Waals surface area contributed by atoms with E-state index < -0.39 is 21.6 Å². The van der Waals surface area contributed by atoms with Crippen LogP contribution in [-0.4, -0.2) is 39.7 Å². The predicted octanol–water partition coefficient (Wildman–Crippen LogP) is -0.0146. The molecule has 23 heavy (non-hydrogen) atoms. The average molecular weight is 342 g/mol. The minimum atomic E-state index is -3.56. The SMILES string of the molecule is COC(=O)CS(=O)(=O)Cc1ccc(CNC(=O)C(C)CN)cc1. The van der Waals surface area contributed by atoms with E-state index in [1.807, 2.05) is 0 Å². The lowest BCUT2D eigenvalue weighted by Gasteiger charge is -2.10. The Kier molecular flexibility index (Phi) is 7.18. The second-order valence-electron chi connectivity index (χ2n) is 5.28. The number of benzene rings is 1. The molecule has 128 valence electrons. The van der Waals surface area contributed by atoms with Gasteiger partial charge in [0.2, 0.25) is 5.91 Å². The van der Waals surface area contributed by atoms with E-state index in [1.165, 1.54) is 0 Å². The van der Waals surface area contributed by atoms with Crippen molar-refractivity contribution in [2.75, 3.05) is 19.4 Å². The fraction of sp³-hybridized carbons (Fsp3) is 0.467. The maximum absolute atomic E-state index is 11.8.